The normalized spacial score (nSPS) is 16.2. The van der Waals surface area contributed by atoms with Crippen molar-refractivity contribution in [1.82, 2.24) is 24.8 Å². The molecular weight excluding hydrogens is 322 g/mol. The van der Waals surface area contributed by atoms with E-state index in [1.54, 1.807) is 23.7 Å². The van der Waals surface area contributed by atoms with Gasteiger partial charge in [-0.1, -0.05) is 6.92 Å². The molecule has 6 nitrogen and oxygen atoms in total. The molecule has 0 saturated carbocycles. The minimum absolute atomic E-state index is 0.0220. The molecule has 0 bridgehead atoms. The number of carbonyl (C=O) groups is 1. The fourth-order valence-electron chi connectivity index (χ4n) is 2.81. The van der Waals surface area contributed by atoms with Gasteiger partial charge < -0.3 is 4.90 Å². The second-order valence-electron chi connectivity index (χ2n) is 6.05. The van der Waals surface area contributed by atoms with Gasteiger partial charge in [0.2, 0.25) is 0 Å². The van der Waals surface area contributed by atoms with Crippen molar-refractivity contribution in [3.63, 3.8) is 0 Å². The van der Waals surface area contributed by atoms with Gasteiger partial charge in [-0.25, -0.2) is 9.97 Å². The number of aromatic nitrogens is 3. The third-order valence-corrected chi connectivity index (χ3v) is 5.21. The number of hydrogen-bond acceptors (Lipinski definition) is 6. The topological polar surface area (TPSA) is 62.2 Å². The fourth-order valence-corrected chi connectivity index (χ4v) is 3.55. The fraction of sp³-hybridized carbons (Fsp3) is 0.529. The van der Waals surface area contributed by atoms with E-state index >= 15 is 0 Å². The lowest BCUT2D eigenvalue weighted by Crippen LogP contribution is -2.35. The van der Waals surface area contributed by atoms with Gasteiger partial charge in [-0.3, -0.25) is 14.7 Å². The van der Waals surface area contributed by atoms with E-state index < -0.39 is 0 Å². The van der Waals surface area contributed by atoms with Crippen LogP contribution in [0.4, 0.5) is 0 Å². The summed E-state index contributed by atoms with van der Waals surface area (Å²) in [7, 11) is 0. The largest absolute Gasteiger partial charge is 0.336 e. The Labute approximate surface area is 146 Å². The first-order valence-corrected chi connectivity index (χ1v) is 9.27. The summed E-state index contributed by atoms with van der Waals surface area (Å²) >= 11 is 1.73. The van der Waals surface area contributed by atoms with E-state index in [1.165, 1.54) is 5.01 Å². The molecule has 128 valence electrons. The summed E-state index contributed by atoms with van der Waals surface area (Å²) in [5, 5.41) is 3.34. The predicted octanol–water partition coefficient (Wildman–Crippen LogP) is 2.15. The summed E-state index contributed by atoms with van der Waals surface area (Å²) in [5.41, 5.74) is 2.39. The van der Waals surface area contributed by atoms with Crippen LogP contribution in [0.5, 0.6) is 0 Å². The highest BCUT2D eigenvalue weighted by Gasteiger charge is 2.21. The van der Waals surface area contributed by atoms with Crippen LogP contribution in [0.1, 0.15) is 40.2 Å². The Kier molecular flexibility index (Phi) is 5.52. The van der Waals surface area contributed by atoms with Crippen molar-refractivity contribution >= 4 is 17.2 Å². The molecule has 0 aromatic carbocycles. The Balaban J connectivity index is 1.58. The molecule has 0 N–H and O–H groups in total. The molecule has 2 aromatic heterocycles. The summed E-state index contributed by atoms with van der Waals surface area (Å²) in [6, 6.07) is 0. The van der Waals surface area contributed by atoms with Crippen LogP contribution in [0.25, 0.3) is 0 Å². The molecule has 1 fully saturated rings. The van der Waals surface area contributed by atoms with Crippen LogP contribution in [0.15, 0.2) is 17.8 Å². The maximum atomic E-state index is 12.6. The van der Waals surface area contributed by atoms with E-state index in [0.29, 0.717) is 5.69 Å². The van der Waals surface area contributed by atoms with Gasteiger partial charge in [0, 0.05) is 44.3 Å². The Morgan fingerprint density at radius 1 is 1.21 bits per heavy atom. The first kappa shape index (κ1) is 17.0. The van der Waals surface area contributed by atoms with Crippen LogP contribution in [-0.4, -0.2) is 56.8 Å². The van der Waals surface area contributed by atoms with Crippen LogP contribution in [0.3, 0.4) is 0 Å². The van der Waals surface area contributed by atoms with E-state index in [1.807, 2.05) is 11.8 Å². The maximum absolute atomic E-state index is 12.6. The Morgan fingerprint density at radius 3 is 2.79 bits per heavy atom. The Morgan fingerprint density at radius 2 is 2.08 bits per heavy atom. The first-order chi connectivity index (χ1) is 11.7. The molecule has 1 amide bonds. The summed E-state index contributed by atoms with van der Waals surface area (Å²) in [6.45, 7) is 8.20. The van der Waals surface area contributed by atoms with Gasteiger partial charge in [0.25, 0.3) is 5.91 Å². The number of rotatable bonds is 4. The molecule has 0 atom stereocenters. The highest BCUT2D eigenvalue weighted by molar-refractivity contribution is 7.09. The van der Waals surface area contributed by atoms with Crippen molar-refractivity contribution in [2.45, 2.75) is 33.2 Å². The van der Waals surface area contributed by atoms with E-state index in [-0.39, 0.29) is 5.91 Å². The number of carbonyl (C=O) groups excluding carboxylic acids is 1. The van der Waals surface area contributed by atoms with Crippen LogP contribution in [-0.2, 0) is 13.0 Å². The molecule has 0 spiro atoms. The Hall–Kier alpha value is -1.86. The summed E-state index contributed by atoms with van der Waals surface area (Å²) in [5.74, 6) is -0.0220. The number of thiazole rings is 1. The zero-order valence-corrected chi connectivity index (χ0v) is 15.1. The van der Waals surface area contributed by atoms with E-state index in [2.05, 4.69) is 32.2 Å². The highest BCUT2D eigenvalue weighted by atomic mass is 32.1. The second-order valence-corrected chi connectivity index (χ2v) is 6.99. The van der Waals surface area contributed by atoms with E-state index in [9.17, 15) is 4.79 Å². The minimum atomic E-state index is -0.0220. The molecule has 7 heteroatoms. The molecule has 3 heterocycles. The molecule has 1 aliphatic rings. The van der Waals surface area contributed by atoms with Crippen molar-refractivity contribution in [3.05, 3.63) is 39.9 Å². The summed E-state index contributed by atoms with van der Waals surface area (Å²) in [4.78, 5) is 29.9. The SMILES string of the molecule is CCc1nc(CN2CCCN(C(=O)c3cnc(C)cn3)CC2)cs1. The molecular formula is C17H23N5OS. The Bertz CT molecular complexity index is 685. The van der Waals surface area contributed by atoms with Gasteiger partial charge in [0.15, 0.2) is 0 Å². The van der Waals surface area contributed by atoms with Gasteiger partial charge >= 0.3 is 0 Å². The van der Waals surface area contributed by atoms with Gasteiger partial charge in [-0.15, -0.1) is 11.3 Å². The summed E-state index contributed by atoms with van der Waals surface area (Å²) < 4.78 is 0. The number of hydrogen-bond donors (Lipinski definition) is 0. The second kappa shape index (κ2) is 7.81. The van der Waals surface area contributed by atoms with Gasteiger partial charge in [-0.05, 0) is 19.8 Å². The lowest BCUT2D eigenvalue weighted by Gasteiger charge is -2.21. The lowest BCUT2D eigenvalue weighted by molar-refractivity contribution is 0.0754. The third kappa shape index (κ3) is 4.15. The van der Waals surface area contributed by atoms with E-state index in [0.717, 1.165) is 57.0 Å². The molecule has 0 unspecified atom stereocenters. The van der Waals surface area contributed by atoms with Crippen LogP contribution in [0.2, 0.25) is 0 Å². The molecule has 0 radical (unpaired) electrons. The molecule has 1 aliphatic heterocycles. The zero-order chi connectivity index (χ0) is 16.9. The van der Waals surface area contributed by atoms with Gasteiger partial charge in [0.1, 0.15) is 5.69 Å². The number of aryl methyl sites for hydroxylation is 2. The lowest BCUT2D eigenvalue weighted by atomic mass is 10.3. The van der Waals surface area contributed by atoms with Gasteiger partial charge in [-0.2, -0.15) is 0 Å². The summed E-state index contributed by atoms with van der Waals surface area (Å²) in [6.07, 6.45) is 5.17. The average molecular weight is 345 g/mol. The third-order valence-electron chi connectivity index (χ3n) is 4.16. The van der Waals surface area contributed by atoms with Crippen LogP contribution >= 0.6 is 11.3 Å². The van der Waals surface area contributed by atoms with Crippen molar-refractivity contribution in [2.75, 3.05) is 26.2 Å². The molecule has 0 aliphatic carbocycles. The first-order valence-electron chi connectivity index (χ1n) is 8.39. The minimum Gasteiger partial charge on any atom is -0.336 e. The van der Waals surface area contributed by atoms with Crippen LogP contribution < -0.4 is 0 Å². The zero-order valence-electron chi connectivity index (χ0n) is 14.2. The maximum Gasteiger partial charge on any atom is 0.274 e. The van der Waals surface area contributed by atoms with Crippen molar-refractivity contribution < 1.29 is 4.79 Å². The van der Waals surface area contributed by atoms with Crippen molar-refractivity contribution in [3.8, 4) is 0 Å². The smallest absolute Gasteiger partial charge is 0.274 e. The standard InChI is InChI=1S/C17H23N5OS/c1-3-16-20-14(12-24-16)11-21-5-4-6-22(8-7-21)17(23)15-10-18-13(2)9-19-15/h9-10,12H,3-8,11H2,1-2H3. The molecule has 1 saturated heterocycles. The quantitative estimate of drug-likeness (QED) is 0.850. The number of amides is 1. The molecule has 24 heavy (non-hydrogen) atoms. The highest BCUT2D eigenvalue weighted by Crippen LogP contribution is 2.14. The predicted molar refractivity (Wildman–Crippen MR) is 94.1 cm³/mol. The van der Waals surface area contributed by atoms with Gasteiger partial charge in [0.05, 0.1) is 22.6 Å². The number of nitrogens with zero attached hydrogens (tertiary/aromatic N) is 5. The van der Waals surface area contributed by atoms with Crippen LogP contribution in [0, 0.1) is 6.92 Å². The molecule has 3 rings (SSSR count). The van der Waals surface area contributed by atoms with Crippen molar-refractivity contribution in [1.29, 1.82) is 0 Å². The molecule has 2 aromatic rings. The van der Waals surface area contributed by atoms with Crippen molar-refractivity contribution in [2.24, 2.45) is 0 Å². The monoisotopic (exact) mass is 345 g/mol. The average Bonchev–Trinajstić information content (AvgIpc) is 2.92. The van der Waals surface area contributed by atoms with E-state index in [4.69, 9.17) is 0 Å².